The minimum absolute atomic E-state index is 0.0332. The number of hydrogen-bond acceptors (Lipinski definition) is 4. The number of likely N-dealkylation sites (tertiary alicyclic amines) is 1. The molecule has 2 fully saturated rings. The van der Waals surface area contributed by atoms with E-state index in [0.29, 0.717) is 30.6 Å². The van der Waals surface area contributed by atoms with Crippen LogP contribution in [0.4, 0.5) is 5.69 Å². The molecule has 3 aliphatic heterocycles. The zero-order valence-electron chi connectivity index (χ0n) is 17.0. The van der Waals surface area contributed by atoms with Gasteiger partial charge in [0, 0.05) is 25.9 Å². The second-order valence-corrected chi connectivity index (χ2v) is 9.25. The van der Waals surface area contributed by atoms with Crippen molar-refractivity contribution < 1.29 is 14.4 Å². The van der Waals surface area contributed by atoms with Crippen LogP contribution in [0.5, 0.6) is 0 Å². The maximum absolute atomic E-state index is 13.3. The third-order valence-electron chi connectivity index (χ3n) is 6.80. The van der Waals surface area contributed by atoms with Gasteiger partial charge in [0.1, 0.15) is 5.66 Å². The number of para-hydroxylation sites is 1. The molecule has 2 atom stereocenters. The van der Waals surface area contributed by atoms with Gasteiger partial charge in [-0.25, -0.2) is 0 Å². The molecule has 0 radical (unpaired) electrons. The summed E-state index contributed by atoms with van der Waals surface area (Å²) in [5.41, 5.74) is 1.72. The van der Waals surface area contributed by atoms with Crippen LogP contribution in [0, 0.1) is 0 Å². The molecule has 0 aliphatic carbocycles. The first kappa shape index (κ1) is 19.3. The van der Waals surface area contributed by atoms with E-state index in [9.17, 15) is 14.4 Å². The molecule has 6 nitrogen and oxygen atoms in total. The monoisotopic (exact) mass is 423 g/mol. The summed E-state index contributed by atoms with van der Waals surface area (Å²) in [4.78, 5) is 44.6. The van der Waals surface area contributed by atoms with Gasteiger partial charge in [-0.1, -0.05) is 12.1 Å². The van der Waals surface area contributed by atoms with E-state index >= 15 is 0 Å². The number of nitrogens with zero attached hydrogens (tertiary/aromatic N) is 3. The van der Waals surface area contributed by atoms with Gasteiger partial charge < -0.3 is 9.80 Å². The molecule has 3 aliphatic rings. The Morgan fingerprint density at radius 1 is 1.23 bits per heavy atom. The first-order valence-electron chi connectivity index (χ1n) is 10.6. The van der Waals surface area contributed by atoms with Crippen LogP contribution in [-0.2, 0) is 9.59 Å². The molecule has 0 saturated carbocycles. The van der Waals surface area contributed by atoms with Crippen LogP contribution in [0.1, 0.15) is 61.0 Å². The average Bonchev–Trinajstić information content (AvgIpc) is 3.48. The van der Waals surface area contributed by atoms with E-state index in [1.54, 1.807) is 27.2 Å². The number of anilines is 1. The lowest BCUT2D eigenvalue weighted by Gasteiger charge is -2.48. The molecular formula is C23H25N3O3S. The lowest BCUT2D eigenvalue weighted by Crippen LogP contribution is -2.62. The van der Waals surface area contributed by atoms with Crippen molar-refractivity contribution in [1.82, 2.24) is 9.80 Å². The molecule has 0 spiro atoms. The minimum atomic E-state index is -0.708. The van der Waals surface area contributed by atoms with Gasteiger partial charge in [0.2, 0.25) is 11.8 Å². The predicted molar refractivity (Wildman–Crippen MR) is 115 cm³/mol. The Bertz CT molecular complexity index is 1000. The van der Waals surface area contributed by atoms with Gasteiger partial charge in [0.25, 0.3) is 5.91 Å². The molecule has 2 saturated heterocycles. The van der Waals surface area contributed by atoms with Crippen molar-refractivity contribution in [2.45, 2.75) is 50.7 Å². The highest BCUT2D eigenvalue weighted by molar-refractivity contribution is 7.08. The Hall–Kier alpha value is -2.67. The number of thiophene rings is 1. The lowest BCUT2D eigenvalue weighted by atomic mass is 9.98. The molecule has 1 aromatic carbocycles. The van der Waals surface area contributed by atoms with Crippen molar-refractivity contribution in [3.05, 3.63) is 52.2 Å². The number of fused-ring (bicyclic) bond motifs is 3. The fraction of sp³-hybridized carbons (Fsp3) is 0.435. The summed E-state index contributed by atoms with van der Waals surface area (Å²) < 4.78 is 0. The Balaban J connectivity index is 1.37. The summed E-state index contributed by atoms with van der Waals surface area (Å²) in [6.45, 7) is 3.03. The van der Waals surface area contributed by atoms with Crippen LogP contribution in [-0.4, -0.2) is 46.3 Å². The van der Waals surface area contributed by atoms with Gasteiger partial charge in [0.05, 0.1) is 17.3 Å². The molecule has 30 heavy (non-hydrogen) atoms. The van der Waals surface area contributed by atoms with Crippen molar-refractivity contribution in [3.8, 4) is 0 Å². The summed E-state index contributed by atoms with van der Waals surface area (Å²) in [6, 6.07) is 9.52. The smallest absolute Gasteiger partial charge is 0.257 e. The van der Waals surface area contributed by atoms with Gasteiger partial charge >= 0.3 is 0 Å². The Kier molecular flexibility index (Phi) is 4.65. The number of rotatable bonds is 4. The maximum Gasteiger partial charge on any atom is 0.257 e. The predicted octanol–water partition coefficient (Wildman–Crippen LogP) is 3.80. The number of amides is 3. The molecule has 7 heteroatoms. The Labute approximate surface area is 180 Å². The molecule has 5 rings (SSSR count). The summed E-state index contributed by atoms with van der Waals surface area (Å²) in [6.07, 6.45) is 3.25. The first-order valence-corrected chi connectivity index (χ1v) is 11.5. The van der Waals surface area contributed by atoms with Crippen LogP contribution in [0.15, 0.2) is 41.1 Å². The summed E-state index contributed by atoms with van der Waals surface area (Å²) in [5, 5.41) is 4.16. The topological polar surface area (TPSA) is 60.9 Å². The number of carbonyl (C=O) groups is 3. The average molecular weight is 424 g/mol. The quantitative estimate of drug-likeness (QED) is 0.752. The number of carbonyl (C=O) groups excluding carboxylic acids is 3. The zero-order valence-corrected chi connectivity index (χ0v) is 17.9. The van der Waals surface area contributed by atoms with Crippen molar-refractivity contribution in [2.75, 3.05) is 18.0 Å². The van der Waals surface area contributed by atoms with Crippen molar-refractivity contribution in [3.63, 3.8) is 0 Å². The fourth-order valence-corrected chi connectivity index (χ4v) is 5.98. The third kappa shape index (κ3) is 2.87. The zero-order chi connectivity index (χ0) is 20.9. The van der Waals surface area contributed by atoms with Crippen LogP contribution < -0.4 is 4.90 Å². The van der Waals surface area contributed by atoms with Gasteiger partial charge in [-0.05, 0) is 60.7 Å². The molecule has 3 amide bonds. The van der Waals surface area contributed by atoms with E-state index in [1.807, 2.05) is 35.4 Å². The van der Waals surface area contributed by atoms with Gasteiger partial charge in [-0.2, -0.15) is 11.3 Å². The molecule has 4 heterocycles. The first-order chi connectivity index (χ1) is 14.5. The molecule has 0 bridgehead atoms. The van der Waals surface area contributed by atoms with E-state index in [1.165, 1.54) is 5.56 Å². The van der Waals surface area contributed by atoms with E-state index in [0.717, 1.165) is 19.4 Å². The van der Waals surface area contributed by atoms with E-state index in [2.05, 4.69) is 11.4 Å². The fourth-order valence-electron chi connectivity index (χ4n) is 5.27. The SMILES string of the molecule is CC12CCC(=O)N1c1ccccc1C(=O)N2CCC(=O)N1CCCC1c1ccsc1. The molecule has 2 aromatic rings. The van der Waals surface area contributed by atoms with Crippen LogP contribution in [0.3, 0.4) is 0 Å². The van der Waals surface area contributed by atoms with Gasteiger partial charge in [-0.15, -0.1) is 0 Å². The van der Waals surface area contributed by atoms with Crippen LogP contribution in [0.2, 0.25) is 0 Å². The highest BCUT2D eigenvalue weighted by Crippen LogP contribution is 2.44. The van der Waals surface area contributed by atoms with Crippen LogP contribution in [0.25, 0.3) is 0 Å². The third-order valence-corrected chi connectivity index (χ3v) is 7.50. The maximum atomic E-state index is 13.3. The van der Waals surface area contributed by atoms with Crippen molar-refractivity contribution in [2.24, 2.45) is 0 Å². The normalized spacial score (nSPS) is 25.6. The summed E-state index contributed by atoms with van der Waals surface area (Å²) in [7, 11) is 0. The second-order valence-electron chi connectivity index (χ2n) is 8.47. The van der Waals surface area contributed by atoms with E-state index < -0.39 is 5.66 Å². The molecular weight excluding hydrogens is 398 g/mol. The van der Waals surface area contributed by atoms with Gasteiger partial charge in [0.15, 0.2) is 0 Å². The largest absolute Gasteiger partial charge is 0.336 e. The standard InChI is InChI=1S/C23H25N3O3S/c1-23-11-8-21(28)26(23)19-6-3-2-5-17(19)22(29)25(23)13-9-20(27)24-12-4-7-18(24)16-10-14-30-15-16/h2-3,5-6,10,14-15,18H,4,7-9,11-13H2,1H3. The van der Waals surface area contributed by atoms with Crippen LogP contribution >= 0.6 is 11.3 Å². The highest BCUT2D eigenvalue weighted by Gasteiger charge is 2.52. The number of benzene rings is 1. The Morgan fingerprint density at radius 3 is 2.87 bits per heavy atom. The highest BCUT2D eigenvalue weighted by atomic mass is 32.1. The molecule has 1 aromatic heterocycles. The van der Waals surface area contributed by atoms with E-state index in [4.69, 9.17) is 0 Å². The molecule has 156 valence electrons. The number of hydrogen-bond donors (Lipinski definition) is 0. The lowest BCUT2D eigenvalue weighted by molar-refractivity contribution is -0.132. The van der Waals surface area contributed by atoms with Gasteiger partial charge in [-0.3, -0.25) is 19.3 Å². The Morgan fingerprint density at radius 2 is 2.07 bits per heavy atom. The summed E-state index contributed by atoms with van der Waals surface area (Å²) >= 11 is 1.65. The summed E-state index contributed by atoms with van der Waals surface area (Å²) in [5.74, 6) is 0.0170. The van der Waals surface area contributed by atoms with Crippen molar-refractivity contribution >= 4 is 34.7 Å². The minimum Gasteiger partial charge on any atom is -0.336 e. The second kappa shape index (κ2) is 7.23. The van der Waals surface area contributed by atoms with Crippen molar-refractivity contribution in [1.29, 1.82) is 0 Å². The molecule has 2 unspecified atom stereocenters. The molecule has 0 N–H and O–H groups in total. The van der Waals surface area contributed by atoms with E-state index in [-0.39, 0.29) is 30.2 Å².